The Morgan fingerprint density at radius 2 is 1.60 bits per heavy atom. The summed E-state index contributed by atoms with van der Waals surface area (Å²) in [6.07, 6.45) is -0.133. The standard InChI is InChI=1S/C33H41N3O6/c1-7-18-36(31(40)27(35-32(41)42-33(4,5)6)20-23-12-15-25(37)16-13-23)29(24-14-17-28(38)22(3)19-24)30(39)34-26-11-9-8-10-21(26)2/h8-17,19,27,29,37-38H,7,18,20H2,1-6H3,(H,34,39)(H,35,41). The minimum absolute atomic E-state index is 0.0713. The largest absolute Gasteiger partial charge is 0.508 e. The SMILES string of the molecule is CCCN(C(=O)C(Cc1ccc(O)cc1)NC(=O)OC(C)(C)C)C(C(=O)Nc1ccccc1C)c1ccc(O)c(C)c1. The van der Waals surface area contributed by atoms with Gasteiger partial charge in [-0.25, -0.2) is 4.79 Å². The zero-order chi connectivity index (χ0) is 31.0. The van der Waals surface area contributed by atoms with Crippen LogP contribution in [0.5, 0.6) is 11.5 Å². The number of para-hydroxylation sites is 1. The molecular weight excluding hydrogens is 534 g/mol. The number of hydrogen-bond donors (Lipinski definition) is 4. The van der Waals surface area contributed by atoms with Gasteiger partial charge in [0.05, 0.1) is 0 Å². The monoisotopic (exact) mass is 575 g/mol. The topological polar surface area (TPSA) is 128 Å². The minimum atomic E-state index is -1.08. The average Bonchev–Trinajstić information content (AvgIpc) is 2.91. The third kappa shape index (κ3) is 8.73. The molecule has 4 N–H and O–H groups in total. The van der Waals surface area contributed by atoms with Gasteiger partial charge in [-0.15, -0.1) is 0 Å². The third-order valence-corrected chi connectivity index (χ3v) is 6.61. The highest BCUT2D eigenvalue weighted by atomic mass is 16.6. The Hall–Kier alpha value is -4.53. The van der Waals surface area contributed by atoms with Gasteiger partial charge < -0.3 is 30.5 Å². The Labute approximate surface area is 247 Å². The number of aromatic hydroxyl groups is 2. The molecule has 0 spiro atoms. The van der Waals surface area contributed by atoms with E-state index in [2.05, 4.69) is 10.6 Å². The molecule has 224 valence electrons. The molecule has 0 saturated carbocycles. The molecule has 2 unspecified atom stereocenters. The number of rotatable bonds is 10. The molecule has 0 saturated heterocycles. The van der Waals surface area contributed by atoms with Crippen molar-refractivity contribution in [1.29, 1.82) is 0 Å². The van der Waals surface area contributed by atoms with Crippen molar-refractivity contribution in [2.24, 2.45) is 0 Å². The summed E-state index contributed by atoms with van der Waals surface area (Å²) >= 11 is 0. The fourth-order valence-corrected chi connectivity index (χ4v) is 4.56. The summed E-state index contributed by atoms with van der Waals surface area (Å²) in [6.45, 7) is 10.9. The average molecular weight is 576 g/mol. The molecule has 3 rings (SSSR count). The maximum absolute atomic E-state index is 14.4. The molecule has 0 aliphatic heterocycles. The van der Waals surface area contributed by atoms with Crippen LogP contribution in [-0.2, 0) is 20.7 Å². The molecule has 2 atom stereocenters. The maximum Gasteiger partial charge on any atom is 0.408 e. The summed E-state index contributed by atoms with van der Waals surface area (Å²) in [6, 6.07) is 16.4. The van der Waals surface area contributed by atoms with Gasteiger partial charge in [0.2, 0.25) is 5.91 Å². The lowest BCUT2D eigenvalue weighted by Gasteiger charge is -2.34. The molecule has 0 fully saturated rings. The summed E-state index contributed by atoms with van der Waals surface area (Å²) in [7, 11) is 0. The second-order valence-corrected chi connectivity index (χ2v) is 11.4. The molecule has 9 nitrogen and oxygen atoms in total. The highest BCUT2D eigenvalue weighted by Crippen LogP contribution is 2.29. The Kier molecular flexibility index (Phi) is 10.6. The number of benzene rings is 3. The number of anilines is 1. The number of alkyl carbamates (subject to hydrolysis) is 1. The predicted octanol–water partition coefficient (Wildman–Crippen LogP) is 5.77. The third-order valence-electron chi connectivity index (χ3n) is 6.61. The van der Waals surface area contributed by atoms with Gasteiger partial charge >= 0.3 is 6.09 Å². The van der Waals surface area contributed by atoms with Gasteiger partial charge in [-0.05, 0) is 93.6 Å². The first-order chi connectivity index (χ1) is 19.8. The Balaban J connectivity index is 2.07. The van der Waals surface area contributed by atoms with Gasteiger partial charge in [-0.2, -0.15) is 0 Å². The van der Waals surface area contributed by atoms with Crippen molar-refractivity contribution in [2.75, 3.05) is 11.9 Å². The Morgan fingerprint density at radius 3 is 2.19 bits per heavy atom. The number of hydrogen-bond acceptors (Lipinski definition) is 6. The Bertz CT molecular complexity index is 1400. The number of phenols is 2. The van der Waals surface area contributed by atoms with Gasteiger partial charge in [0.25, 0.3) is 5.91 Å². The summed E-state index contributed by atoms with van der Waals surface area (Å²) in [5, 5.41) is 25.6. The molecule has 0 radical (unpaired) electrons. The van der Waals surface area contributed by atoms with Crippen LogP contribution in [0.4, 0.5) is 10.5 Å². The van der Waals surface area contributed by atoms with Crippen LogP contribution in [0.25, 0.3) is 0 Å². The fraction of sp³-hybridized carbons (Fsp3) is 0.364. The molecule has 3 aromatic rings. The molecule has 0 bridgehead atoms. The minimum Gasteiger partial charge on any atom is -0.508 e. The summed E-state index contributed by atoms with van der Waals surface area (Å²) in [5.41, 5.74) is 2.44. The summed E-state index contributed by atoms with van der Waals surface area (Å²) < 4.78 is 5.46. The molecule has 9 heteroatoms. The highest BCUT2D eigenvalue weighted by molar-refractivity contribution is 5.99. The lowest BCUT2D eigenvalue weighted by molar-refractivity contribution is -0.140. The van der Waals surface area contributed by atoms with E-state index in [0.717, 1.165) is 5.56 Å². The van der Waals surface area contributed by atoms with E-state index in [1.165, 1.54) is 23.1 Å². The molecule has 3 amide bonds. The lowest BCUT2D eigenvalue weighted by atomic mass is 9.98. The van der Waals surface area contributed by atoms with Crippen molar-refractivity contribution in [3.05, 3.63) is 89.0 Å². The van der Waals surface area contributed by atoms with Crippen molar-refractivity contribution in [1.82, 2.24) is 10.2 Å². The highest BCUT2D eigenvalue weighted by Gasteiger charge is 2.36. The van der Waals surface area contributed by atoms with Crippen LogP contribution < -0.4 is 10.6 Å². The van der Waals surface area contributed by atoms with Crippen LogP contribution in [0.1, 0.15) is 62.4 Å². The Morgan fingerprint density at radius 1 is 0.929 bits per heavy atom. The number of amides is 3. The van der Waals surface area contributed by atoms with Crippen LogP contribution in [0.2, 0.25) is 0 Å². The van der Waals surface area contributed by atoms with Crippen LogP contribution >= 0.6 is 0 Å². The first-order valence-corrected chi connectivity index (χ1v) is 14.0. The number of nitrogens with zero attached hydrogens (tertiary/aromatic N) is 1. The molecule has 0 aliphatic carbocycles. The van der Waals surface area contributed by atoms with E-state index < -0.39 is 35.6 Å². The number of carbonyl (C=O) groups is 3. The van der Waals surface area contributed by atoms with E-state index in [9.17, 15) is 24.6 Å². The molecule has 0 aliphatic rings. The fourth-order valence-electron chi connectivity index (χ4n) is 4.56. The normalized spacial score (nSPS) is 12.6. The van der Waals surface area contributed by atoms with Crippen molar-refractivity contribution in [3.8, 4) is 11.5 Å². The van der Waals surface area contributed by atoms with Crippen molar-refractivity contribution < 1.29 is 29.3 Å². The number of nitrogens with one attached hydrogen (secondary N) is 2. The van der Waals surface area contributed by atoms with Crippen LogP contribution in [0, 0.1) is 13.8 Å². The molecule has 0 aromatic heterocycles. The second-order valence-electron chi connectivity index (χ2n) is 11.4. The summed E-state index contributed by atoms with van der Waals surface area (Å²) in [5.74, 6) is -0.768. The van der Waals surface area contributed by atoms with E-state index in [1.54, 1.807) is 58.0 Å². The van der Waals surface area contributed by atoms with Gasteiger partial charge in [0, 0.05) is 18.7 Å². The first-order valence-electron chi connectivity index (χ1n) is 14.0. The summed E-state index contributed by atoms with van der Waals surface area (Å²) in [4.78, 5) is 42.7. The quantitative estimate of drug-likeness (QED) is 0.243. The van der Waals surface area contributed by atoms with Crippen molar-refractivity contribution in [3.63, 3.8) is 0 Å². The van der Waals surface area contributed by atoms with Crippen LogP contribution in [0.3, 0.4) is 0 Å². The van der Waals surface area contributed by atoms with Gasteiger partial charge in [-0.3, -0.25) is 9.59 Å². The van der Waals surface area contributed by atoms with Gasteiger partial charge in [0.1, 0.15) is 29.2 Å². The lowest BCUT2D eigenvalue weighted by Crippen LogP contribution is -2.53. The van der Waals surface area contributed by atoms with E-state index in [0.29, 0.717) is 28.8 Å². The molecule has 42 heavy (non-hydrogen) atoms. The van der Waals surface area contributed by atoms with Gasteiger partial charge in [0.15, 0.2) is 0 Å². The zero-order valence-electron chi connectivity index (χ0n) is 25.1. The number of ether oxygens (including phenoxy) is 1. The molecule has 0 heterocycles. The smallest absolute Gasteiger partial charge is 0.408 e. The maximum atomic E-state index is 14.4. The van der Waals surface area contributed by atoms with E-state index in [1.807, 2.05) is 32.0 Å². The van der Waals surface area contributed by atoms with E-state index in [-0.39, 0.29) is 24.5 Å². The first kappa shape index (κ1) is 32.0. The number of phenolic OH excluding ortho intramolecular Hbond substituents is 2. The van der Waals surface area contributed by atoms with E-state index >= 15 is 0 Å². The zero-order valence-corrected chi connectivity index (χ0v) is 25.1. The van der Waals surface area contributed by atoms with Crippen molar-refractivity contribution in [2.45, 2.75) is 72.1 Å². The number of aryl methyl sites for hydroxylation is 2. The second kappa shape index (κ2) is 13.9. The van der Waals surface area contributed by atoms with Crippen LogP contribution in [-0.4, -0.2) is 51.2 Å². The number of carbonyl (C=O) groups excluding carboxylic acids is 3. The van der Waals surface area contributed by atoms with E-state index in [4.69, 9.17) is 4.74 Å². The predicted molar refractivity (Wildman–Crippen MR) is 162 cm³/mol. The van der Waals surface area contributed by atoms with Crippen molar-refractivity contribution >= 4 is 23.6 Å². The molecular formula is C33H41N3O6. The van der Waals surface area contributed by atoms with Gasteiger partial charge in [-0.1, -0.05) is 43.3 Å². The molecule has 3 aromatic carbocycles. The van der Waals surface area contributed by atoms with Crippen LogP contribution in [0.15, 0.2) is 66.7 Å².